The van der Waals surface area contributed by atoms with Crippen LogP contribution in [0.5, 0.6) is 0 Å². The van der Waals surface area contributed by atoms with Gasteiger partial charge in [-0.3, -0.25) is 0 Å². The second-order valence-corrected chi connectivity index (χ2v) is 5.14. The van der Waals surface area contributed by atoms with Crippen molar-refractivity contribution in [3.8, 4) is 0 Å². The van der Waals surface area contributed by atoms with Gasteiger partial charge in [0.1, 0.15) is 5.76 Å². The number of piperidine rings is 1. The Morgan fingerprint density at radius 2 is 2.53 bits per heavy atom. The molecule has 1 aliphatic rings. The predicted octanol–water partition coefficient (Wildman–Crippen LogP) is 2.19. The second-order valence-electron chi connectivity index (χ2n) is 5.14. The molecule has 2 N–H and O–H groups in total. The average molecular weight is 236 g/mol. The van der Waals surface area contributed by atoms with Crippen molar-refractivity contribution in [2.45, 2.75) is 38.6 Å². The van der Waals surface area contributed by atoms with Crippen LogP contribution in [0.1, 0.15) is 31.9 Å². The average Bonchev–Trinajstić information content (AvgIpc) is 2.88. The lowest BCUT2D eigenvalue weighted by Crippen LogP contribution is -2.39. The molecule has 1 aliphatic heterocycles. The molecule has 2 atom stereocenters. The van der Waals surface area contributed by atoms with E-state index in [1.807, 2.05) is 6.07 Å². The highest BCUT2D eigenvalue weighted by Gasteiger charge is 2.13. The Hall–Kier alpha value is -0.800. The van der Waals surface area contributed by atoms with E-state index >= 15 is 0 Å². The molecule has 2 rings (SSSR count). The summed E-state index contributed by atoms with van der Waals surface area (Å²) in [5.74, 6) is 1.91. The summed E-state index contributed by atoms with van der Waals surface area (Å²) in [6.07, 6.45) is 6.62. The molecular weight excluding hydrogens is 212 g/mol. The first-order valence-corrected chi connectivity index (χ1v) is 6.81. The van der Waals surface area contributed by atoms with Gasteiger partial charge < -0.3 is 15.1 Å². The van der Waals surface area contributed by atoms with E-state index in [4.69, 9.17) is 4.42 Å². The lowest BCUT2D eigenvalue weighted by molar-refractivity contribution is 0.341. The number of hydrogen-bond acceptors (Lipinski definition) is 3. The molecule has 0 spiro atoms. The van der Waals surface area contributed by atoms with E-state index in [1.54, 1.807) is 6.26 Å². The minimum atomic E-state index is 0.571. The Labute approximate surface area is 104 Å². The molecule has 96 valence electrons. The summed E-state index contributed by atoms with van der Waals surface area (Å²) in [5.41, 5.74) is 0. The van der Waals surface area contributed by atoms with E-state index in [0.29, 0.717) is 6.04 Å². The van der Waals surface area contributed by atoms with Crippen LogP contribution in [0.3, 0.4) is 0 Å². The highest BCUT2D eigenvalue weighted by Crippen LogP contribution is 2.10. The van der Waals surface area contributed by atoms with Crippen LogP contribution in [-0.2, 0) is 6.42 Å². The lowest BCUT2D eigenvalue weighted by atomic mass is 9.99. The van der Waals surface area contributed by atoms with Gasteiger partial charge in [-0.1, -0.05) is 0 Å². The molecule has 1 aromatic heterocycles. The van der Waals surface area contributed by atoms with Gasteiger partial charge in [0.15, 0.2) is 0 Å². The first-order chi connectivity index (χ1) is 8.34. The summed E-state index contributed by atoms with van der Waals surface area (Å²) in [5, 5.41) is 7.09. The molecule has 1 aromatic rings. The van der Waals surface area contributed by atoms with Crippen molar-refractivity contribution in [2.75, 3.05) is 19.6 Å². The third-order valence-corrected chi connectivity index (χ3v) is 3.56. The van der Waals surface area contributed by atoms with E-state index in [2.05, 4.69) is 23.6 Å². The number of nitrogens with one attached hydrogen (secondary N) is 2. The summed E-state index contributed by atoms with van der Waals surface area (Å²) in [6, 6.07) is 4.58. The Morgan fingerprint density at radius 1 is 1.59 bits per heavy atom. The van der Waals surface area contributed by atoms with Crippen molar-refractivity contribution in [1.29, 1.82) is 0 Å². The zero-order valence-electron chi connectivity index (χ0n) is 10.7. The molecule has 0 amide bonds. The summed E-state index contributed by atoms with van der Waals surface area (Å²) in [7, 11) is 0. The zero-order valence-corrected chi connectivity index (χ0v) is 10.7. The van der Waals surface area contributed by atoms with Gasteiger partial charge in [-0.05, 0) is 63.9 Å². The molecule has 0 aromatic carbocycles. The highest BCUT2D eigenvalue weighted by atomic mass is 16.3. The summed E-state index contributed by atoms with van der Waals surface area (Å²) < 4.78 is 5.34. The molecule has 1 fully saturated rings. The Balaban J connectivity index is 1.58. The number of furan rings is 1. The first-order valence-electron chi connectivity index (χ1n) is 6.81. The summed E-state index contributed by atoms with van der Waals surface area (Å²) in [6.45, 7) is 5.79. The van der Waals surface area contributed by atoms with E-state index in [9.17, 15) is 0 Å². The molecule has 1 saturated heterocycles. The molecule has 0 bridgehead atoms. The van der Waals surface area contributed by atoms with E-state index < -0.39 is 0 Å². The molecule has 2 unspecified atom stereocenters. The Kier molecular flexibility index (Phi) is 5.08. The number of aryl methyl sites for hydroxylation is 1. The molecule has 17 heavy (non-hydrogen) atoms. The molecule has 0 radical (unpaired) electrons. The number of rotatable bonds is 6. The van der Waals surface area contributed by atoms with E-state index in [0.717, 1.165) is 31.1 Å². The van der Waals surface area contributed by atoms with Gasteiger partial charge in [-0.25, -0.2) is 0 Å². The smallest absolute Gasteiger partial charge is 0.103 e. The largest absolute Gasteiger partial charge is 0.469 e. The standard InChI is InChI=1S/C14H24N2O/c1-12(6-7-14-5-3-9-17-14)16-11-13-4-2-8-15-10-13/h3,5,9,12-13,15-16H,2,4,6-8,10-11H2,1H3. The van der Waals surface area contributed by atoms with Crippen LogP contribution < -0.4 is 10.6 Å². The minimum absolute atomic E-state index is 0.571. The van der Waals surface area contributed by atoms with Crippen molar-refractivity contribution >= 4 is 0 Å². The van der Waals surface area contributed by atoms with Crippen LogP contribution in [0, 0.1) is 5.92 Å². The fourth-order valence-corrected chi connectivity index (χ4v) is 2.38. The second kappa shape index (κ2) is 6.82. The third kappa shape index (κ3) is 4.52. The molecule has 3 heteroatoms. The molecule has 3 nitrogen and oxygen atoms in total. The van der Waals surface area contributed by atoms with E-state index in [-0.39, 0.29) is 0 Å². The van der Waals surface area contributed by atoms with Gasteiger partial charge in [0.25, 0.3) is 0 Å². The lowest BCUT2D eigenvalue weighted by Gasteiger charge is -2.24. The van der Waals surface area contributed by atoms with Crippen LogP contribution in [0.15, 0.2) is 22.8 Å². The Bertz CT molecular complexity index is 291. The third-order valence-electron chi connectivity index (χ3n) is 3.56. The van der Waals surface area contributed by atoms with Crippen molar-refractivity contribution in [1.82, 2.24) is 10.6 Å². The van der Waals surface area contributed by atoms with Gasteiger partial charge in [-0.15, -0.1) is 0 Å². The Morgan fingerprint density at radius 3 is 3.24 bits per heavy atom. The highest BCUT2D eigenvalue weighted by molar-refractivity contribution is 4.98. The maximum atomic E-state index is 5.34. The molecule has 0 saturated carbocycles. The SMILES string of the molecule is CC(CCc1ccco1)NCC1CCCNC1. The van der Waals surface area contributed by atoms with Gasteiger partial charge in [0.05, 0.1) is 6.26 Å². The minimum Gasteiger partial charge on any atom is -0.469 e. The van der Waals surface area contributed by atoms with Crippen LogP contribution in [0.2, 0.25) is 0 Å². The van der Waals surface area contributed by atoms with Crippen molar-refractivity contribution in [3.63, 3.8) is 0 Å². The van der Waals surface area contributed by atoms with Gasteiger partial charge in [0.2, 0.25) is 0 Å². The van der Waals surface area contributed by atoms with Crippen molar-refractivity contribution in [3.05, 3.63) is 24.2 Å². The van der Waals surface area contributed by atoms with E-state index in [1.165, 1.54) is 25.9 Å². The molecular formula is C14H24N2O. The van der Waals surface area contributed by atoms with Crippen LogP contribution in [0.25, 0.3) is 0 Å². The van der Waals surface area contributed by atoms with Crippen LogP contribution >= 0.6 is 0 Å². The monoisotopic (exact) mass is 236 g/mol. The van der Waals surface area contributed by atoms with Crippen molar-refractivity contribution in [2.24, 2.45) is 5.92 Å². The first kappa shape index (κ1) is 12.7. The quantitative estimate of drug-likeness (QED) is 0.795. The number of hydrogen-bond donors (Lipinski definition) is 2. The van der Waals surface area contributed by atoms with Crippen LogP contribution in [-0.4, -0.2) is 25.7 Å². The maximum Gasteiger partial charge on any atom is 0.103 e. The van der Waals surface area contributed by atoms with Gasteiger partial charge in [0, 0.05) is 12.5 Å². The van der Waals surface area contributed by atoms with Gasteiger partial charge >= 0.3 is 0 Å². The summed E-state index contributed by atoms with van der Waals surface area (Å²) in [4.78, 5) is 0. The predicted molar refractivity (Wildman–Crippen MR) is 70.1 cm³/mol. The fraction of sp³-hybridized carbons (Fsp3) is 0.714. The van der Waals surface area contributed by atoms with Crippen LogP contribution in [0.4, 0.5) is 0 Å². The maximum absolute atomic E-state index is 5.34. The normalized spacial score (nSPS) is 22.5. The summed E-state index contributed by atoms with van der Waals surface area (Å²) >= 11 is 0. The molecule has 0 aliphatic carbocycles. The fourth-order valence-electron chi connectivity index (χ4n) is 2.38. The van der Waals surface area contributed by atoms with Crippen molar-refractivity contribution < 1.29 is 4.42 Å². The zero-order chi connectivity index (χ0) is 11.9. The molecule has 2 heterocycles. The van der Waals surface area contributed by atoms with Gasteiger partial charge in [-0.2, -0.15) is 0 Å². The topological polar surface area (TPSA) is 37.2 Å².